The Kier molecular flexibility index (Phi) is 3.49. The van der Waals surface area contributed by atoms with Crippen LogP contribution in [0, 0.1) is 5.92 Å². The van der Waals surface area contributed by atoms with Crippen LogP contribution in [0.15, 0.2) is 24.3 Å². The molecule has 2 nitrogen and oxygen atoms in total. The SMILES string of the molecule is CCC1CN(c2ccc(Cl)cc2)CCC1=O. The second-order valence-corrected chi connectivity index (χ2v) is 4.68. The van der Waals surface area contributed by atoms with Crippen LogP contribution in [0.5, 0.6) is 0 Å². The van der Waals surface area contributed by atoms with Crippen molar-refractivity contribution in [2.24, 2.45) is 5.92 Å². The Morgan fingerprint density at radius 1 is 1.38 bits per heavy atom. The molecule has 0 amide bonds. The molecule has 1 atom stereocenters. The summed E-state index contributed by atoms with van der Waals surface area (Å²) in [5, 5.41) is 0.754. The number of nitrogens with zero attached hydrogens (tertiary/aromatic N) is 1. The van der Waals surface area contributed by atoms with Gasteiger partial charge in [0, 0.05) is 36.1 Å². The van der Waals surface area contributed by atoms with Crippen LogP contribution >= 0.6 is 11.6 Å². The summed E-state index contributed by atoms with van der Waals surface area (Å²) < 4.78 is 0. The van der Waals surface area contributed by atoms with E-state index in [1.165, 1.54) is 0 Å². The van der Waals surface area contributed by atoms with Crippen molar-refractivity contribution in [2.45, 2.75) is 19.8 Å². The molecule has 1 aromatic rings. The number of halogens is 1. The molecule has 0 radical (unpaired) electrons. The third kappa shape index (κ3) is 2.38. The summed E-state index contributed by atoms with van der Waals surface area (Å²) in [7, 11) is 0. The van der Waals surface area contributed by atoms with Gasteiger partial charge >= 0.3 is 0 Å². The molecule has 3 heteroatoms. The molecular weight excluding hydrogens is 222 g/mol. The average molecular weight is 238 g/mol. The molecule has 1 unspecified atom stereocenters. The molecule has 1 aliphatic rings. The van der Waals surface area contributed by atoms with Crippen LogP contribution in [-0.4, -0.2) is 18.9 Å². The van der Waals surface area contributed by atoms with Gasteiger partial charge in [0.25, 0.3) is 0 Å². The first kappa shape index (κ1) is 11.5. The topological polar surface area (TPSA) is 20.3 Å². The predicted molar refractivity (Wildman–Crippen MR) is 67.1 cm³/mol. The average Bonchev–Trinajstić information content (AvgIpc) is 2.31. The zero-order valence-corrected chi connectivity index (χ0v) is 10.2. The van der Waals surface area contributed by atoms with E-state index in [-0.39, 0.29) is 5.92 Å². The van der Waals surface area contributed by atoms with Crippen molar-refractivity contribution in [1.82, 2.24) is 0 Å². The molecule has 86 valence electrons. The number of anilines is 1. The van der Waals surface area contributed by atoms with Gasteiger partial charge in [0.1, 0.15) is 5.78 Å². The lowest BCUT2D eigenvalue weighted by molar-refractivity contribution is -0.123. The van der Waals surface area contributed by atoms with Crippen molar-refractivity contribution in [1.29, 1.82) is 0 Å². The van der Waals surface area contributed by atoms with Crippen molar-refractivity contribution in [3.05, 3.63) is 29.3 Å². The number of benzene rings is 1. The molecule has 0 saturated carbocycles. The summed E-state index contributed by atoms with van der Waals surface area (Å²) in [6, 6.07) is 7.83. The van der Waals surface area contributed by atoms with E-state index in [1.807, 2.05) is 24.3 Å². The zero-order chi connectivity index (χ0) is 11.5. The largest absolute Gasteiger partial charge is 0.370 e. The van der Waals surface area contributed by atoms with Crippen molar-refractivity contribution >= 4 is 23.1 Å². The van der Waals surface area contributed by atoms with Gasteiger partial charge in [-0.15, -0.1) is 0 Å². The maximum atomic E-state index is 11.6. The molecule has 0 bridgehead atoms. The molecule has 0 spiro atoms. The highest BCUT2D eigenvalue weighted by atomic mass is 35.5. The smallest absolute Gasteiger partial charge is 0.139 e. The first-order valence-corrected chi connectivity index (χ1v) is 6.11. The van der Waals surface area contributed by atoms with Crippen LogP contribution in [0.4, 0.5) is 5.69 Å². The lowest BCUT2D eigenvalue weighted by Crippen LogP contribution is -2.40. The van der Waals surface area contributed by atoms with Gasteiger partial charge in [-0.3, -0.25) is 4.79 Å². The highest BCUT2D eigenvalue weighted by Crippen LogP contribution is 2.24. The third-order valence-electron chi connectivity index (χ3n) is 3.21. The van der Waals surface area contributed by atoms with E-state index >= 15 is 0 Å². The van der Waals surface area contributed by atoms with Gasteiger partial charge in [0.05, 0.1) is 0 Å². The first-order valence-electron chi connectivity index (χ1n) is 5.74. The third-order valence-corrected chi connectivity index (χ3v) is 3.46. The van der Waals surface area contributed by atoms with Gasteiger partial charge in [-0.1, -0.05) is 18.5 Å². The number of carbonyl (C=O) groups is 1. The lowest BCUT2D eigenvalue weighted by Gasteiger charge is -2.33. The van der Waals surface area contributed by atoms with Crippen LogP contribution in [0.25, 0.3) is 0 Å². The second kappa shape index (κ2) is 4.88. The summed E-state index contributed by atoms with van der Waals surface area (Å²) in [5.74, 6) is 0.608. The monoisotopic (exact) mass is 237 g/mol. The van der Waals surface area contributed by atoms with Gasteiger partial charge in [0.2, 0.25) is 0 Å². The molecule has 2 rings (SSSR count). The van der Waals surface area contributed by atoms with Crippen LogP contribution < -0.4 is 4.90 Å². The van der Waals surface area contributed by atoms with Crippen LogP contribution in [0.1, 0.15) is 19.8 Å². The van der Waals surface area contributed by atoms with Crippen molar-refractivity contribution in [3.8, 4) is 0 Å². The number of ketones is 1. The Labute approximate surface area is 101 Å². The van der Waals surface area contributed by atoms with E-state index in [2.05, 4.69) is 11.8 Å². The second-order valence-electron chi connectivity index (χ2n) is 4.24. The quantitative estimate of drug-likeness (QED) is 0.788. The Morgan fingerprint density at radius 2 is 2.06 bits per heavy atom. The Hall–Kier alpha value is -1.02. The maximum Gasteiger partial charge on any atom is 0.139 e. The van der Waals surface area contributed by atoms with Crippen molar-refractivity contribution < 1.29 is 4.79 Å². The number of Topliss-reactive ketones (excluding diaryl/α,β-unsaturated/α-hetero) is 1. The van der Waals surface area contributed by atoms with E-state index in [1.54, 1.807) is 0 Å². The fourth-order valence-corrected chi connectivity index (χ4v) is 2.28. The van der Waals surface area contributed by atoms with E-state index in [4.69, 9.17) is 11.6 Å². The highest BCUT2D eigenvalue weighted by molar-refractivity contribution is 6.30. The molecule has 1 aliphatic heterocycles. The molecule has 0 N–H and O–H groups in total. The van der Waals surface area contributed by atoms with Crippen molar-refractivity contribution in [3.63, 3.8) is 0 Å². The Balaban J connectivity index is 2.11. The van der Waals surface area contributed by atoms with Gasteiger partial charge < -0.3 is 4.90 Å². The van der Waals surface area contributed by atoms with Gasteiger partial charge in [0.15, 0.2) is 0 Å². The van der Waals surface area contributed by atoms with Crippen molar-refractivity contribution in [2.75, 3.05) is 18.0 Å². The van der Waals surface area contributed by atoms with Crippen LogP contribution in [0.3, 0.4) is 0 Å². The van der Waals surface area contributed by atoms with E-state index in [0.717, 1.165) is 30.2 Å². The number of hydrogen-bond donors (Lipinski definition) is 0. The summed E-state index contributed by atoms with van der Waals surface area (Å²) in [4.78, 5) is 13.9. The molecule has 1 fully saturated rings. The molecule has 1 saturated heterocycles. The Bertz CT molecular complexity index is 374. The molecule has 1 heterocycles. The molecular formula is C13H16ClNO. The number of carbonyl (C=O) groups excluding carboxylic acids is 1. The summed E-state index contributed by atoms with van der Waals surface area (Å²) in [6.45, 7) is 3.75. The van der Waals surface area contributed by atoms with E-state index in [9.17, 15) is 4.79 Å². The maximum absolute atomic E-state index is 11.6. The fourth-order valence-electron chi connectivity index (χ4n) is 2.15. The fraction of sp³-hybridized carbons (Fsp3) is 0.462. The van der Waals surface area contributed by atoms with E-state index in [0.29, 0.717) is 12.2 Å². The number of piperidine rings is 1. The summed E-state index contributed by atoms with van der Waals surface area (Å²) >= 11 is 5.86. The minimum Gasteiger partial charge on any atom is -0.370 e. The van der Waals surface area contributed by atoms with Gasteiger partial charge in [-0.25, -0.2) is 0 Å². The Morgan fingerprint density at radius 3 is 2.69 bits per heavy atom. The van der Waals surface area contributed by atoms with Crippen LogP contribution in [-0.2, 0) is 4.79 Å². The highest BCUT2D eigenvalue weighted by Gasteiger charge is 2.25. The normalized spacial score (nSPS) is 21.2. The number of rotatable bonds is 2. The van der Waals surface area contributed by atoms with Gasteiger partial charge in [-0.2, -0.15) is 0 Å². The van der Waals surface area contributed by atoms with E-state index < -0.39 is 0 Å². The lowest BCUT2D eigenvalue weighted by atomic mass is 9.94. The minimum atomic E-state index is 0.199. The standard InChI is InChI=1S/C13H16ClNO/c1-2-10-9-15(8-7-13(10)16)12-5-3-11(14)4-6-12/h3-6,10H,2,7-9H2,1H3. The summed E-state index contributed by atoms with van der Waals surface area (Å²) in [5.41, 5.74) is 1.16. The molecule has 16 heavy (non-hydrogen) atoms. The van der Waals surface area contributed by atoms with Crippen LogP contribution in [0.2, 0.25) is 5.02 Å². The molecule has 0 aliphatic carbocycles. The zero-order valence-electron chi connectivity index (χ0n) is 9.45. The first-order chi connectivity index (χ1) is 7.70. The summed E-state index contributed by atoms with van der Waals surface area (Å²) in [6.07, 6.45) is 1.60. The molecule has 0 aromatic heterocycles. The minimum absolute atomic E-state index is 0.199. The number of hydrogen-bond acceptors (Lipinski definition) is 2. The van der Waals surface area contributed by atoms with Gasteiger partial charge in [-0.05, 0) is 30.7 Å². The predicted octanol–water partition coefficient (Wildman–Crippen LogP) is 3.15. The molecule has 1 aromatic carbocycles.